The highest BCUT2D eigenvalue weighted by atomic mass is 79.9. The second-order valence-electron chi connectivity index (χ2n) is 4.62. The van der Waals surface area contributed by atoms with Crippen molar-refractivity contribution in [3.8, 4) is 11.5 Å². The Morgan fingerprint density at radius 2 is 2.00 bits per heavy atom. The first-order valence-corrected chi connectivity index (χ1v) is 7.20. The van der Waals surface area contributed by atoms with Crippen LogP contribution in [-0.2, 0) is 6.61 Å². The first kappa shape index (κ1) is 14.9. The van der Waals surface area contributed by atoms with E-state index < -0.39 is 0 Å². The monoisotopic (exact) mass is 335 g/mol. The molecule has 4 heteroatoms. The van der Waals surface area contributed by atoms with Crippen molar-refractivity contribution in [1.29, 1.82) is 0 Å². The van der Waals surface area contributed by atoms with Crippen LogP contribution in [0.4, 0.5) is 0 Å². The number of hydrogen-bond donors (Lipinski definition) is 1. The zero-order valence-corrected chi connectivity index (χ0v) is 13.2. The standard InChI is InChI=1S/C16H18BrNO2/c1-11(18)13-6-7-16(15(17)9-13)20-10-12-4-3-5-14(8-12)19-2/h3-9,11H,10,18H2,1-2H3/t11-/m1/s1. The molecule has 1 atom stereocenters. The van der Waals surface area contributed by atoms with E-state index in [2.05, 4.69) is 15.9 Å². The van der Waals surface area contributed by atoms with E-state index >= 15 is 0 Å². The lowest BCUT2D eigenvalue weighted by Gasteiger charge is -2.12. The van der Waals surface area contributed by atoms with Crippen molar-refractivity contribution in [1.82, 2.24) is 0 Å². The van der Waals surface area contributed by atoms with Gasteiger partial charge < -0.3 is 15.2 Å². The van der Waals surface area contributed by atoms with Crippen LogP contribution in [0.3, 0.4) is 0 Å². The molecule has 0 aliphatic heterocycles. The van der Waals surface area contributed by atoms with Gasteiger partial charge in [0.2, 0.25) is 0 Å². The van der Waals surface area contributed by atoms with Gasteiger partial charge in [0.15, 0.2) is 0 Å². The van der Waals surface area contributed by atoms with Gasteiger partial charge in [-0.15, -0.1) is 0 Å². The Balaban J connectivity index is 2.07. The summed E-state index contributed by atoms with van der Waals surface area (Å²) in [5.41, 5.74) is 7.99. The van der Waals surface area contributed by atoms with Gasteiger partial charge in [-0.3, -0.25) is 0 Å². The van der Waals surface area contributed by atoms with Gasteiger partial charge in [0.1, 0.15) is 18.1 Å². The lowest BCUT2D eigenvalue weighted by molar-refractivity contribution is 0.303. The average molecular weight is 336 g/mol. The maximum atomic E-state index is 5.85. The van der Waals surface area contributed by atoms with E-state index in [1.165, 1.54) is 0 Å². The fraction of sp³-hybridized carbons (Fsp3) is 0.250. The Bertz CT molecular complexity index is 584. The van der Waals surface area contributed by atoms with Gasteiger partial charge in [-0.25, -0.2) is 0 Å². The Morgan fingerprint density at radius 3 is 2.65 bits per heavy atom. The molecule has 106 valence electrons. The van der Waals surface area contributed by atoms with Crippen LogP contribution in [0.2, 0.25) is 0 Å². The van der Waals surface area contributed by atoms with Crippen molar-refractivity contribution in [3.63, 3.8) is 0 Å². The molecule has 0 saturated heterocycles. The van der Waals surface area contributed by atoms with E-state index in [0.717, 1.165) is 27.1 Å². The van der Waals surface area contributed by atoms with Crippen molar-refractivity contribution in [3.05, 3.63) is 58.1 Å². The maximum Gasteiger partial charge on any atom is 0.134 e. The molecule has 0 spiro atoms. The van der Waals surface area contributed by atoms with E-state index in [4.69, 9.17) is 15.2 Å². The second-order valence-corrected chi connectivity index (χ2v) is 5.47. The minimum absolute atomic E-state index is 0.0127. The van der Waals surface area contributed by atoms with Gasteiger partial charge in [0.25, 0.3) is 0 Å². The van der Waals surface area contributed by atoms with Crippen LogP contribution in [0.5, 0.6) is 11.5 Å². The smallest absolute Gasteiger partial charge is 0.134 e. The van der Waals surface area contributed by atoms with Crippen molar-refractivity contribution < 1.29 is 9.47 Å². The summed E-state index contributed by atoms with van der Waals surface area (Å²) in [5.74, 6) is 1.63. The fourth-order valence-corrected chi connectivity index (χ4v) is 2.35. The van der Waals surface area contributed by atoms with Gasteiger partial charge in [-0.05, 0) is 58.2 Å². The number of ether oxygens (including phenoxy) is 2. The molecule has 0 aliphatic carbocycles. The number of nitrogens with two attached hydrogens (primary N) is 1. The largest absolute Gasteiger partial charge is 0.497 e. The summed E-state index contributed by atoms with van der Waals surface area (Å²) in [7, 11) is 1.66. The minimum atomic E-state index is 0.0127. The van der Waals surface area contributed by atoms with Crippen molar-refractivity contribution in [2.75, 3.05) is 7.11 Å². The first-order chi connectivity index (χ1) is 9.60. The highest BCUT2D eigenvalue weighted by molar-refractivity contribution is 9.10. The van der Waals surface area contributed by atoms with Crippen LogP contribution in [0.15, 0.2) is 46.9 Å². The maximum absolute atomic E-state index is 5.85. The third-order valence-corrected chi connectivity index (χ3v) is 3.63. The van der Waals surface area contributed by atoms with Crippen LogP contribution in [-0.4, -0.2) is 7.11 Å². The Kier molecular flexibility index (Phi) is 5.04. The topological polar surface area (TPSA) is 44.5 Å². The molecule has 3 nitrogen and oxygen atoms in total. The Hall–Kier alpha value is -1.52. The lowest BCUT2D eigenvalue weighted by atomic mass is 10.1. The summed E-state index contributed by atoms with van der Waals surface area (Å²) < 4.78 is 11.9. The molecule has 0 heterocycles. The molecule has 0 unspecified atom stereocenters. The second kappa shape index (κ2) is 6.77. The predicted molar refractivity (Wildman–Crippen MR) is 84.1 cm³/mol. The SMILES string of the molecule is COc1cccc(COc2ccc([C@@H](C)N)cc2Br)c1. The van der Waals surface area contributed by atoms with Crippen LogP contribution in [0.1, 0.15) is 24.1 Å². The van der Waals surface area contributed by atoms with Crippen LogP contribution >= 0.6 is 15.9 Å². The van der Waals surface area contributed by atoms with Crippen molar-refractivity contribution >= 4 is 15.9 Å². The summed E-state index contributed by atoms with van der Waals surface area (Å²) >= 11 is 3.51. The first-order valence-electron chi connectivity index (χ1n) is 6.41. The molecule has 2 aromatic rings. The van der Waals surface area contributed by atoms with Crippen LogP contribution in [0, 0.1) is 0 Å². The third-order valence-electron chi connectivity index (χ3n) is 3.01. The summed E-state index contributed by atoms with van der Waals surface area (Å²) in [6.45, 7) is 2.45. The molecule has 0 bridgehead atoms. The van der Waals surface area contributed by atoms with E-state index in [-0.39, 0.29) is 6.04 Å². The molecule has 0 aromatic heterocycles. The molecule has 0 saturated carbocycles. The fourth-order valence-electron chi connectivity index (χ4n) is 1.84. The Labute approximate surface area is 127 Å². The van der Waals surface area contributed by atoms with Gasteiger partial charge in [-0.1, -0.05) is 18.2 Å². The Morgan fingerprint density at radius 1 is 1.20 bits per heavy atom. The quantitative estimate of drug-likeness (QED) is 0.896. The number of benzene rings is 2. The van der Waals surface area contributed by atoms with E-state index in [9.17, 15) is 0 Å². The predicted octanol–water partition coefficient (Wildman–Crippen LogP) is 4.06. The number of rotatable bonds is 5. The molecule has 0 amide bonds. The zero-order chi connectivity index (χ0) is 14.5. The van der Waals surface area contributed by atoms with Crippen molar-refractivity contribution in [2.45, 2.75) is 19.6 Å². The molecule has 2 rings (SSSR count). The lowest BCUT2D eigenvalue weighted by Crippen LogP contribution is -2.05. The third kappa shape index (κ3) is 3.74. The highest BCUT2D eigenvalue weighted by Crippen LogP contribution is 2.28. The van der Waals surface area contributed by atoms with E-state index in [0.29, 0.717) is 6.61 Å². The number of halogens is 1. The normalized spacial score (nSPS) is 12.0. The minimum Gasteiger partial charge on any atom is -0.497 e. The van der Waals surface area contributed by atoms with E-state index in [1.54, 1.807) is 7.11 Å². The summed E-state index contributed by atoms with van der Waals surface area (Å²) in [6, 6.07) is 13.8. The van der Waals surface area contributed by atoms with E-state index in [1.807, 2.05) is 49.4 Å². The molecule has 0 fully saturated rings. The van der Waals surface area contributed by atoms with Gasteiger partial charge in [0.05, 0.1) is 11.6 Å². The van der Waals surface area contributed by atoms with Gasteiger partial charge in [0, 0.05) is 6.04 Å². The van der Waals surface area contributed by atoms with Crippen molar-refractivity contribution in [2.24, 2.45) is 5.73 Å². The number of methoxy groups -OCH3 is 1. The summed E-state index contributed by atoms with van der Waals surface area (Å²) in [6.07, 6.45) is 0. The van der Waals surface area contributed by atoms with Crippen LogP contribution in [0.25, 0.3) is 0 Å². The summed E-state index contributed by atoms with van der Waals surface area (Å²) in [4.78, 5) is 0. The van der Waals surface area contributed by atoms with Crippen LogP contribution < -0.4 is 15.2 Å². The molecule has 2 N–H and O–H groups in total. The molecule has 0 aliphatic rings. The molecular formula is C16H18BrNO2. The molecule has 20 heavy (non-hydrogen) atoms. The average Bonchev–Trinajstić information content (AvgIpc) is 2.46. The molecule has 2 aromatic carbocycles. The van der Waals surface area contributed by atoms with Gasteiger partial charge >= 0.3 is 0 Å². The highest BCUT2D eigenvalue weighted by Gasteiger charge is 2.06. The number of hydrogen-bond acceptors (Lipinski definition) is 3. The van der Waals surface area contributed by atoms with Gasteiger partial charge in [-0.2, -0.15) is 0 Å². The molecular weight excluding hydrogens is 318 g/mol. The molecule has 0 radical (unpaired) electrons. The zero-order valence-electron chi connectivity index (χ0n) is 11.6. The summed E-state index contributed by atoms with van der Waals surface area (Å²) in [5, 5.41) is 0.